The van der Waals surface area contributed by atoms with Crippen molar-refractivity contribution in [2.45, 2.75) is 0 Å². The molecule has 0 bridgehead atoms. The van der Waals surface area contributed by atoms with Crippen LogP contribution in [0.3, 0.4) is 0 Å². The van der Waals surface area contributed by atoms with Crippen LogP contribution in [0.4, 0.5) is 0 Å². The highest BCUT2D eigenvalue weighted by Gasteiger charge is 2.18. The number of hydrogen-bond acceptors (Lipinski definition) is 5. The molecule has 0 unspecified atom stereocenters. The Morgan fingerprint density at radius 3 is 1.57 bits per heavy atom. The number of nitrogens with zero attached hydrogens (tertiary/aromatic N) is 3. The fourth-order valence-corrected chi connectivity index (χ4v) is 8.59. The molecule has 280 valence electrons. The highest BCUT2D eigenvalue weighted by Crippen LogP contribution is 2.40. The van der Waals surface area contributed by atoms with E-state index in [2.05, 4.69) is 163 Å². The minimum atomic E-state index is 0.652. The topological polar surface area (TPSA) is 65.0 Å². The summed E-state index contributed by atoms with van der Waals surface area (Å²) < 4.78 is 12.5. The second-order valence-corrected chi connectivity index (χ2v) is 15.2. The van der Waals surface area contributed by atoms with Gasteiger partial charge in [-0.15, -0.1) is 0 Å². The Morgan fingerprint density at radius 1 is 0.317 bits per heavy atom. The van der Waals surface area contributed by atoms with Crippen LogP contribution in [-0.2, 0) is 0 Å². The summed E-state index contributed by atoms with van der Waals surface area (Å²) in [4.78, 5) is 15.2. The number of benzene rings is 8. The third-order valence-corrected chi connectivity index (χ3v) is 11.6. The summed E-state index contributed by atoms with van der Waals surface area (Å²) in [6.07, 6.45) is 3.71. The maximum atomic E-state index is 6.25. The second kappa shape index (κ2) is 13.8. The van der Waals surface area contributed by atoms with E-state index in [-0.39, 0.29) is 0 Å². The summed E-state index contributed by atoms with van der Waals surface area (Å²) in [5, 5.41) is 6.65. The van der Waals surface area contributed by atoms with Crippen LogP contribution in [0.1, 0.15) is 0 Å². The van der Waals surface area contributed by atoms with Gasteiger partial charge in [-0.05, 0) is 111 Å². The van der Waals surface area contributed by atoms with Gasteiger partial charge < -0.3 is 8.83 Å². The zero-order valence-corrected chi connectivity index (χ0v) is 32.2. The van der Waals surface area contributed by atoms with Gasteiger partial charge in [0.15, 0.2) is 5.82 Å². The van der Waals surface area contributed by atoms with Gasteiger partial charge >= 0.3 is 0 Å². The number of rotatable bonds is 6. The fourth-order valence-electron chi connectivity index (χ4n) is 8.59. The van der Waals surface area contributed by atoms with Crippen molar-refractivity contribution in [2.24, 2.45) is 0 Å². The molecule has 0 saturated heterocycles. The fraction of sp³-hybridized carbons (Fsp3) is 0. The molecule has 0 fully saturated rings. The van der Waals surface area contributed by atoms with E-state index in [0.29, 0.717) is 5.82 Å². The van der Waals surface area contributed by atoms with Gasteiger partial charge in [-0.2, -0.15) is 0 Å². The lowest BCUT2D eigenvalue weighted by Crippen LogP contribution is -1.98. The molecule has 4 heterocycles. The Labute approximate surface area is 344 Å². The van der Waals surface area contributed by atoms with E-state index in [1.165, 1.54) is 5.39 Å². The van der Waals surface area contributed by atoms with E-state index in [9.17, 15) is 0 Å². The van der Waals surface area contributed by atoms with Gasteiger partial charge in [0.2, 0.25) is 0 Å². The third-order valence-electron chi connectivity index (χ3n) is 11.6. The summed E-state index contributed by atoms with van der Waals surface area (Å²) in [6.45, 7) is 0. The average molecular weight is 768 g/mol. The smallest absolute Gasteiger partial charge is 0.160 e. The van der Waals surface area contributed by atoms with E-state index in [1.807, 2.05) is 36.5 Å². The van der Waals surface area contributed by atoms with Crippen molar-refractivity contribution in [2.75, 3.05) is 0 Å². The van der Waals surface area contributed by atoms with Gasteiger partial charge in [0.1, 0.15) is 22.3 Å². The second-order valence-electron chi connectivity index (χ2n) is 15.2. The van der Waals surface area contributed by atoms with Gasteiger partial charge in [-0.1, -0.05) is 115 Å². The molecule has 0 amide bonds. The monoisotopic (exact) mass is 767 g/mol. The summed E-state index contributed by atoms with van der Waals surface area (Å²) in [5.74, 6) is 0.652. The molecule has 0 N–H and O–H groups in total. The van der Waals surface area contributed by atoms with Crippen molar-refractivity contribution in [1.82, 2.24) is 15.0 Å². The molecule has 0 radical (unpaired) electrons. The molecule has 5 nitrogen and oxygen atoms in total. The van der Waals surface area contributed by atoms with Crippen LogP contribution in [-0.4, -0.2) is 15.0 Å². The maximum absolute atomic E-state index is 6.25. The van der Waals surface area contributed by atoms with Crippen LogP contribution < -0.4 is 0 Å². The summed E-state index contributed by atoms with van der Waals surface area (Å²) in [6, 6.07) is 65.6. The van der Waals surface area contributed by atoms with E-state index in [0.717, 1.165) is 111 Å². The predicted octanol–water partition coefficient (Wildman–Crippen LogP) is 14.8. The largest absolute Gasteiger partial charge is 0.456 e. The third kappa shape index (κ3) is 5.83. The van der Waals surface area contributed by atoms with Crippen molar-refractivity contribution in [3.63, 3.8) is 0 Å². The Morgan fingerprint density at radius 2 is 0.883 bits per heavy atom. The molecule has 0 aliphatic carbocycles. The van der Waals surface area contributed by atoms with Crippen LogP contribution in [0.15, 0.2) is 209 Å². The van der Waals surface area contributed by atoms with Crippen LogP contribution >= 0.6 is 0 Å². The standard InChI is InChI=1S/C55H33N3O2/c1-2-11-35-26-38(20-19-34(35)10-1)55-57-49(32-50(58-55)44-14-4-3-13-43(44)39-12-9-25-56-33-39)42-28-40(36-21-23-53-47(30-36)45-15-5-7-17-51(45)59-53)27-41(29-42)37-22-24-54-48(31-37)46-16-6-8-18-52(46)60-54/h1-33H. The van der Waals surface area contributed by atoms with Crippen molar-refractivity contribution >= 4 is 54.6 Å². The van der Waals surface area contributed by atoms with Crippen molar-refractivity contribution < 1.29 is 8.83 Å². The zero-order chi connectivity index (χ0) is 39.6. The number of furan rings is 2. The molecule has 0 atom stereocenters. The van der Waals surface area contributed by atoms with E-state index >= 15 is 0 Å². The van der Waals surface area contributed by atoms with Crippen LogP contribution in [0, 0.1) is 0 Å². The quantitative estimate of drug-likeness (QED) is 0.169. The van der Waals surface area contributed by atoms with Crippen LogP contribution in [0.5, 0.6) is 0 Å². The first-order valence-corrected chi connectivity index (χ1v) is 20.1. The van der Waals surface area contributed by atoms with Gasteiger partial charge in [0.05, 0.1) is 11.4 Å². The average Bonchev–Trinajstić information content (AvgIpc) is 3.89. The molecule has 4 aromatic heterocycles. The molecule has 60 heavy (non-hydrogen) atoms. The lowest BCUT2D eigenvalue weighted by atomic mass is 9.93. The molecule has 0 saturated carbocycles. The Kier molecular flexibility index (Phi) is 7.78. The number of aromatic nitrogens is 3. The SMILES string of the molecule is c1cncc(-c2ccccc2-c2cc(-c3cc(-c4ccc5oc6ccccc6c5c4)cc(-c4ccc5oc6ccccc6c5c4)c3)nc(-c3ccc4ccccc4c3)n2)c1. The first-order chi connectivity index (χ1) is 29.7. The van der Waals surface area contributed by atoms with E-state index < -0.39 is 0 Å². The lowest BCUT2D eigenvalue weighted by Gasteiger charge is -2.15. The number of para-hydroxylation sites is 2. The predicted molar refractivity (Wildman–Crippen MR) is 245 cm³/mol. The van der Waals surface area contributed by atoms with Gasteiger partial charge in [0.25, 0.3) is 0 Å². The molecule has 12 aromatic rings. The molecular formula is C55H33N3O2. The molecule has 12 rings (SSSR count). The highest BCUT2D eigenvalue weighted by atomic mass is 16.3. The van der Waals surface area contributed by atoms with Gasteiger partial charge in [0, 0.05) is 56.2 Å². The normalized spacial score (nSPS) is 11.7. The Hall–Kier alpha value is -8.15. The molecular weight excluding hydrogens is 735 g/mol. The minimum absolute atomic E-state index is 0.652. The molecule has 8 aromatic carbocycles. The zero-order valence-electron chi connectivity index (χ0n) is 32.2. The van der Waals surface area contributed by atoms with E-state index in [4.69, 9.17) is 18.8 Å². The summed E-state index contributed by atoms with van der Waals surface area (Å²) >= 11 is 0. The molecule has 0 aliphatic rings. The maximum Gasteiger partial charge on any atom is 0.160 e. The van der Waals surface area contributed by atoms with Gasteiger partial charge in [-0.3, -0.25) is 4.98 Å². The van der Waals surface area contributed by atoms with Crippen LogP contribution in [0.2, 0.25) is 0 Å². The Balaban J connectivity index is 1.11. The number of hydrogen-bond donors (Lipinski definition) is 0. The lowest BCUT2D eigenvalue weighted by molar-refractivity contribution is 0.668. The molecule has 0 spiro atoms. The van der Waals surface area contributed by atoms with Crippen molar-refractivity contribution in [1.29, 1.82) is 0 Å². The van der Waals surface area contributed by atoms with Crippen molar-refractivity contribution in [3.8, 4) is 67.3 Å². The first kappa shape index (κ1) is 33.9. The minimum Gasteiger partial charge on any atom is -0.456 e. The molecule has 5 heteroatoms. The van der Waals surface area contributed by atoms with Gasteiger partial charge in [-0.25, -0.2) is 9.97 Å². The van der Waals surface area contributed by atoms with Crippen molar-refractivity contribution in [3.05, 3.63) is 200 Å². The summed E-state index contributed by atoms with van der Waals surface area (Å²) in [7, 11) is 0. The summed E-state index contributed by atoms with van der Waals surface area (Å²) in [5.41, 5.74) is 14.4. The first-order valence-electron chi connectivity index (χ1n) is 20.1. The number of pyridine rings is 1. The highest BCUT2D eigenvalue weighted by molar-refractivity contribution is 6.08. The van der Waals surface area contributed by atoms with E-state index in [1.54, 1.807) is 6.20 Å². The Bertz CT molecular complexity index is 3490. The van der Waals surface area contributed by atoms with Crippen LogP contribution in [0.25, 0.3) is 122 Å². The molecule has 0 aliphatic heterocycles. The number of fused-ring (bicyclic) bond motifs is 7.